The highest BCUT2D eigenvalue weighted by Crippen LogP contribution is 2.21. The van der Waals surface area contributed by atoms with Crippen molar-refractivity contribution in [1.82, 2.24) is 15.0 Å². The maximum absolute atomic E-state index is 11.2. The van der Waals surface area contributed by atoms with Crippen molar-refractivity contribution < 1.29 is 9.90 Å². The van der Waals surface area contributed by atoms with Gasteiger partial charge in [-0.15, -0.1) is 0 Å². The number of aryl methyl sites for hydroxylation is 2. The Morgan fingerprint density at radius 1 is 1.12 bits per heavy atom. The second-order valence-corrected chi connectivity index (χ2v) is 5.99. The van der Waals surface area contributed by atoms with Crippen molar-refractivity contribution in [3.63, 3.8) is 0 Å². The lowest BCUT2D eigenvalue weighted by atomic mass is 10.2. The second-order valence-electron chi connectivity index (χ2n) is 5.99. The van der Waals surface area contributed by atoms with E-state index < -0.39 is 5.97 Å². The summed E-state index contributed by atoms with van der Waals surface area (Å²) in [6.07, 6.45) is 4.65. The number of nitrogens with zero attached hydrogens (tertiary/aromatic N) is 5. The minimum Gasteiger partial charge on any atom is -0.477 e. The van der Waals surface area contributed by atoms with Crippen LogP contribution in [-0.4, -0.2) is 52.2 Å². The number of carbonyl (C=O) groups is 1. The second kappa shape index (κ2) is 6.82. The Hall–Kier alpha value is -2.70. The first-order valence-electron chi connectivity index (χ1n) is 8.04. The van der Waals surface area contributed by atoms with Crippen molar-refractivity contribution >= 4 is 17.6 Å². The SMILES string of the molecule is Cc1cc(C(=O)O)nc(N2CCCN(c3ccncc3C)CC2)n1. The van der Waals surface area contributed by atoms with Gasteiger partial charge in [-0.1, -0.05) is 0 Å². The molecular weight excluding hydrogens is 306 g/mol. The zero-order valence-electron chi connectivity index (χ0n) is 13.9. The van der Waals surface area contributed by atoms with Crippen LogP contribution in [-0.2, 0) is 0 Å². The average molecular weight is 327 g/mol. The third-order valence-electron chi connectivity index (χ3n) is 4.17. The number of carboxylic acid groups (broad SMARTS) is 1. The normalized spacial score (nSPS) is 15.2. The molecule has 0 aliphatic carbocycles. The Kier molecular flexibility index (Phi) is 4.59. The van der Waals surface area contributed by atoms with Gasteiger partial charge in [-0.05, 0) is 38.0 Å². The topological polar surface area (TPSA) is 82.5 Å². The van der Waals surface area contributed by atoms with Gasteiger partial charge in [-0.3, -0.25) is 4.98 Å². The molecule has 7 heteroatoms. The van der Waals surface area contributed by atoms with Gasteiger partial charge in [-0.2, -0.15) is 0 Å². The van der Waals surface area contributed by atoms with Gasteiger partial charge in [0.1, 0.15) is 0 Å². The highest BCUT2D eigenvalue weighted by Gasteiger charge is 2.20. The quantitative estimate of drug-likeness (QED) is 0.922. The van der Waals surface area contributed by atoms with Crippen molar-refractivity contribution in [2.24, 2.45) is 0 Å². The molecule has 0 aromatic carbocycles. The van der Waals surface area contributed by atoms with Crippen molar-refractivity contribution in [2.45, 2.75) is 20.3 Å². The fraction of sp³-hybridized carbons (Fsp3) is 0.412. The van der Waals surface area contributed by atoms with Gasteiger partial charge < -0.3 is 14.9 Å². The Morgan fingerprint density at radius 2 is 1.88 bits per heavy atom. The minimum absolute atomic E-state index is 0.0450. The molecule has 0 atom stereocenters. The summed E-state index contributed by atoms with van der Waals surface area (Å²) in [7, 11) is 0. The average Bonchev–Trinajstić information content (AvgIpc) is 2.80. The summed E-state index contributed by atoms with van der Waals surface area (Å²) in [5, 5.41) is 9.19. The van der Waals surface area contributed by atoms with Gasteiger partial charge in [-0.25, -0.2) is 14.8 Å². The van der Waals surface area contributed by atoms with Gasteiger partial charge in [0, 0.05) is 50.0 Å². The van der Waals surface area contributed by atoms with Crippen molar-refractivity contribution in [3.8, 4) is 0 Å². The molecule has 3 heterocycles. The molecular formula is C17H21N5O2. The fourth-order valence-corrected chi connectivity index (χ4v) is 2.98. The van der Waals surface area contributed by atoms with Gasteiger partial charge in [0.05, 0.1) is 0 Å². The van der Waals surface area contributed by atoms with Crippen molar-refractivity contribution in [3.05, 3.63) is 41.5 Å². The lowest BCUT2D eigenvalue weighted by Gasteiger charge is -2.25. The van der Waals surface area contributed by atoms with Gasteiger partial charge >= 0.3 is 5.97 Å². The van der Waals surface area contributed by atoms with E-state index in [0.29, 0.717) is 11.6 Å². The van der Waals surface area contributed by atoms with E-state index in [0.717, 1.165) is 38.2 Å². The molecule has 1 saturated heterocycles. The molecule has 0 spiro atoms. The molecule has 0 unspecified atom stereocenters. The Balaban J connectivity index is 1.79. The third kappa shape index (κ3) is 3.45. The van der Waals surface area contributed by atoms with Crippen molar-refractivity contribution in [1.29, 1.82) is 0 Å². The lowest BCUT2D eigenvalue weighted by molar-refractivity contribution is 0.0690. The Labute approximate surface area is 141 Å². The zero-order valence-corrected chi connectivity index (χ0v) is 13.9. The first-order valence-corrected chi connectivity index (χ1v) is 8.04. The lowest BCUT2D eigenvalue weighted by Crippen LogP contribution is -2.32. The number of aromatic nitrogens is 3. The molecule has 7 nitrogen and oxygen atoms in total. The molecule has 2 aromatic heterocycles. The maximum atomic E-state index is 11.2. The van der Waals surface area contributed by atoms with Crippen LogP contribution in [0, 0.1) is 13.8 Å². The van der Waals surface area contributed by atoms with E-state index in [1.165, 1.54) is 11.8 Å². The summed E-state index contributed by atoms with van der Waals surface area (Å²) >= 11 is 0. The first kappa shape index (κ1) is 16.2. The van der Waals surface area contributed by atoms with E-state index in [9.17, 15) is 9.90 Å². The van der Waals surface area contributed by atoms with Crippen molar-refractivity contribution in [2.75, 3.05) is 36.0 Å². The smallest absolute Gasteiger partial charge is 0.354 e. The van der Waals surface area contributed by atoms with Crippen LogP contribution in [0.15, 0.2) is 24.5 Å². The molecule has 3 rings (SSSR count). The van der Waals surface area contributed by atoms with Crippen LogP contribution in [0.1, 0.15) is 28.2 Å². The molecule has 1 aliphatic heterocycles. The number of hydrogen-bond donors (Lipinski definition) is 1. The number of hydrogen-bond acceptors (Lipinski definition) is 6. The van der Waals surface area contributed by atoms with Crippen LogP contribution < -0.4 is 9.80 Å². The Morgan fingerprint density at radius 3 is 2.62 bits per heavy atom. The van der Waals surface area contributed by atoms with Crippen LogP contribution in [0.4, 0.5) is 11.6 Å². The first-order chi connectivity index (χ1) is 11.5. The molecule has 126 valence electrons. The van der Waals surface area contributed by atoms with E-state index >= 15 is 0 Å². The van der Waals surface area contributed by atoms with Crippen LogP contribution in [0.3, 0.4) is 0 Å². The van der Waals surface area contributed by atoms with Crippen LogP contribution in [0.5, 0.6) is 0 Å². The molecule has 2 aromatic rings. The maximum Gasteiger partial charge on any atom is 0.354 e. The molecule has 0 amide bonds. The van der Waals surface area contributed by atoms with E-state index in [1.54, 1.807) is 6.92 Å². The molecule has 1 fully saturated rings. The summed E-state index contributed by atoms with van der Waals surface area (Å²) in [6, 6.07) is 3.53. The summed E-state index contributed by atoms with van der Waals surface area (Å²) in [6.45, 7) is 7.20. The minimum atomic E-state index is -1.02. The molecule has 1 N–H and O–H groups in total. The van der Waals surface area contributed by atoms with Crippen LogP contribution in [0.2, 0.25) is 0 Å². The van der Waals surface area contributed by atoms with Crippen LogP contribution >= 0.6 is 0 Å². The summed E-state index contributed by atoms with van der Waals surface area (Å²) in [5.41, 5.74) is 3.07. The molecule has 0 radical (unpaired) electrons. The zero-order chi connectivity index (χ0) is 17.1. The number of carboxylic acids is 1. The predicted molar refractivity (Wildman–Crippen MR) is 91.7 cm³/mol. The van der Waals surface area contributed by atoms with E-state index in [-0.39, 0.29) is 5.69 Å². The number of rotatable bonds is 3. The highest BCUT2D eigenvalue weighted by molar-refractivity contribution is 5.85. The van der Waals surface area contributed by atoms with Gasteiger partial charge in [0.2, 0.25) is 5.95 Å². The predicted octanol–water partition coefficient (Wildman–Crippen LogP) is 1.90. The molecule has 24 heavy (non-hydrogen) atoms. The fourth-order valence-electron chi connectivity index (χ4n) is 2.98. The standard InChI is InChI=1S/C17H21N5O2/c1-12-11-18-5-4-15(12)21-6-3-7-22(9-8-21)17-19-13(2)10-14(20-17)16(23)24/h4-5,10-11H,3,6-9H2,1-2H3,(H,23,24). The third-order valence-corrected chi connectivity index (χ3v) is 4.17. The van der Waals surface area contributed by atoms with Crippen LogP contribution in [0.25, 0.3) is 0 Å². The molecule has 0 saturated carbocycles. The summed E-state index contributed by atoms with van der Waals surface area (Å²) < 4.78 is 0. The van der Waals surface area contributed by atoms with Gasteiger partial charge in [0.25, 0.3) is 0 Å². The van der Waals surface area contributed by atoms with E-state index in [2.05, 4.69) is 31.7 Å². The van der Waals surface area contributed by atoms with Gasteiger partial charge in [0.15, 0.2) is 5.69 Å². The largest absolute Gasteiger partial charge is 0.477 e. The van der Waals surface area contributed by atoms with E-state index in [4.69, 9.17) is 0 Å². The highest BCUT2D eigenvalue weighted by atomic mass is 16.4. The number of pyridine rings is 1. The Bertz CT molecular complexity index is 750. The summed E-state index contributed by atoms with van der Waals surface area (Å²) in [5.74, 6) is -0.522. The number of aromatic carboxylic acids is 1. The molecule has 0 bridgehead atoms. The monoisotopic (exact) mass is 327 g/mol. The molecule has 1 aliphatic rings. The van der Waals surface area contributed by atoms with E-state index in [1.807, 2.05) is 18.5 Å². The number of anilines is 2. The summed E-state index contributed by atoms with van der Waals surface area (Å²) in [4.78, 5) is 28.4.